The molecule has 1 aromatic heterocycles. The third-order valence-corrected chi connectivity index (χ3v) is 2.75. The number of nitrogens with one attached hydrogen (secondary N) is 1. The standard InChI is InChI=1S/C11H16N2O4S/c1-11(2,3)17-10(16)13-7(4-9(14)15)8-5-12-6-18-8/h5-7H,4H2,1-3H3,(H,13,16)(H,14,15)/t7-/m1/s1. The summed E-state index contributed by atoms with van der Waals surface area (Å²) in [5, 5.41) is 11.4. The molecule has 0 aliphatic heterocycles. The van der Waals surface area contributed by atoms with Crippen molar-refractivity contribution >= 4 is 23.4 Å². The van der Waals surface area contributed by atoms with Gasteiger partial charge in [0.05, 0.1) is 18.0 Å². The van der Waals surface area contributed by atoms with Gasteiger partial charge >= 0.3 is 12.1 Å². The van der Waals surface area contributed by atoms with Crippen molar-refractivity contribution in [2.45, 2.75) is 38.8 Å². The van der Waals surface area contributed by atoms with Gasteiger partial charge in [-0.3, -0.25) is 9.78 Å². The maximum atomic E-state index is 11.6. The maximum absolute atomic E-state index is 11.6. The van der Waals surface area contributed by atoms with E-state index < -0.39 is 23.7 Å². The van der Waals surface area contributed by atoms with Gasteiger partial charge in [0.2, 0.25) is 0 Å². The van der Waals surface area contributed by atoms with Crippen LogP contribution >= 0.6 is 11.3 Å². The molecule has 0 saturated carbocycles. The Morgan fingerprint density at radius 2 is 2.22 bits per heavy atom. The summed E-state index contributed by atoms with van der Waals surface area (Å²) in [7, 11) is 0. The summed E-state index contributed by atoms with van der Waals surface area (Å²) >= 11 is 1.29. The van der Waals surface area contributed by atoms with Crippen LogP contribution in [0.25, 0.3) is 0 Å². The number of nitrogens with zero attached hydrogens (tertiary/aromatic N) is 1. The van der Waals surface area contributed by atoms with Crippen LogP contribution in [-0.4, -0.2) is 27.8 Å². The molecular formula is C11H16N2O4S. The van der Waals surface area contributed by atoms with Crippen molar-refractivity contribution in [1.82, 2.24) is 10.3 Å². The summed E-state index contributed by atoms with van der Waals surface area (Å²) in [6.07, 6.45) is 0.694. The molecule has 0 bridgehead atoms. The molecule has 0 aliphatic rings. The number of ether oxygens (including phenoxy) is 1. The Hall–Kier alpha value is -1.63. The van der Waals surface area contributed by atoms with E-state index in [9.17, 15) is 9.59 Å². The van der Waals surface area contributed by atoms with Gasteiger partial charge in [-0.25, -0.2) is 4.79 Å². The smallest absolute Gasteiger partial charge is 0.408 e. The fraction of sp³-hybridized carbons (Fsp3) is 0.545. The molecule has 0 spiro atoms. The van der Waals surface area contributed by atoms with Crippen LogP contribution in [0.3, 0.4) is 0 Å². The fourth-order valence-corrected chi connectivity index (χ4v) is 1.92. The number of carbonyl (C=O) groups is 2. The quantitative estimate of drug-likeness (QED) is 0.877. The lowest BCUT2D eigenvalue weighted by atomic mass is 10.2. The molecule has 1 aromatic rings. The van der Waals surface area contributed by atoms with Crippen LogP contribution in [-0.2, 0) is 9.53 Å². The zero-order valence-electron chi connectivity index (χ0n) is 10.5. The number of amides is 1. The molecular weight excluding hydrogens is 256 g/mol. The number of carboxylic acids is 1. The topological polar surface area (TPSA) is 88.5 Å². The first-order valence-corrected chi connectivity index (χ1v) is 6.25. The summed E-state index contributed by atoms with van der Waals surface area (Å²) < 4.78 is 5.09. The predicted octanol–water partition coefficient (Wildman–Crippen LogP) is 2.18. The second kappa shape index (κ2) is 5.81. The van der Waals surface area contributed by atoms with Crippen molar-refractivity contribution in [3.63, 3.8) is 0 Å². The van der Waals surface area contributed by atoms with Crippen molar-refractivity contribution in [3.8, 4) is 0 Å². The molecule has 1 rings (SSSR count). The van der Waals surface area contributed by atoms with E-state index in [1.807, 2.05) is 0 Å². The summed E-state index contributed by atoms with van der Waals surface area (Å²) in [5.74, 6) is -0.996. The Kier molecular flexibility index (Phi) is 4.66. The highest BCUT2D eigenvalue weighted by Crippen LogP contribution is 2.21. The van der Waals surface area contributed by atoms with Crippen molar-refractivity contribution in [2.24, 2.45) is 0 Å². The molecule has 0 radical (unpaired) electrons. The van der Waals surface area contributed by atoms with Crippen molar-refractivity contribution < 1.29 is 19.4 Å². The third kappa shape index (κ3) is 5.13. The summed E-state index contributed by atoms with van der Waals surface area (Å²) in [6.45, 7) is 5.22. The van der Waals surface area contributed by atoms with Crippen molar-refractivity contribution in [1.29, 1.82) is 0 Å². The number of hydrogen-bond donors (Lipinski definition) is 2. The zero-order chi connectivity index (χ0) is 13.8. The molecule has 0 saturated heterocycles. The SMILES string of the molecule is CC(C)(C)OC(=O)N[C@H](CC(=O)O)c1cncs1. The molecule has 100 valence electrons. The van der Waals surface area contributed by atoms with Gasteiger partial charge in [-0.1, -0.05) is 0 Å². The Bertz CT molecular complexity index is 411. The van der Waals surface area contributed by atoms with E-state index in [0.29, 0.717) is 4.88 Å². The second-order valence-electron chi connectivity index (χ2n) is 4.70. The van der Waals surface area contributed by atoms with E-state index in [0.717, 1.165) is 0 Å². The molecule has 7 heteroatoms. The van der Waals surface area contributed by atoms with E-state index in [1.54, 1.807) is 26.3 Å². The average molecular weight is 272 g/mol. The van der Waals surface area contributed by atoms with Gasteiger partial charge in [-0.15, -0.1) is 11.3 Å². The maximum Gasteiger partial charge on any atom is 0.408 e. The zero-order valence-corrected chi connectivity index (χ0v) is 11.3. The minimum Gasteiger partial charge on any atom is -0.481 e. The lowest BCUT2D eigenvalue weighted by molar-refractivity contribution is -0.137. The molecule has 0 unspecified atom stereocenters. The number of aromatic nitrogens is 1. The number of aliphatic carboxylic acids is 1. The summed E-state index contributed by atoms with van der Waals surface area (Å²) in [5.41, 5.74) is 0.965. The van der Waals surface area contributed by atoms with E-state index >= 15 is 0 Å². The molecule has 2 N–H and O–H groups in total. The van der Waals surface area contributed by atoms with Crippen molar-refractivity contribution in [3.05, 3.63) is 16.6 Å². The van der Waals surface area contributed by atoms with Crippen molar-refractivity contribution in [2.75, 3.05) is 0 Å². The largest absolute Gasteiger partial charge is 0.481 e. The third-order valence-electron chi connectivity index (χ3n) is 1.86. The van der Waals surface area contributed by atoms with Crippen LogP contribution in [0, 0.1) is 0 Å². The van der Waals surface area contributed by atoms with Gasteiger partial charge < -0.3 is 15.2 Å². The summed E-state index contributed by atoms with van der Waals surface area (Å²) in [6, 6.07) is -0.621. The minimum absolute atomic E-state index is 0.207. The van der Waals surface area contributed by atoms with Gasteiger partial charge in [-0.2, -0.15) is 0 Å². The lowest BCUT2D eigenvalue weighted by Gasteiger charge is -2.22. The van der Waals surface area contributed by atoms with Crippen LogP contribution in [0.1, 0.15) is 38.1 Å². The number of thiazole rings is 1. The van der Waals surface area contributed by atoms with Crippen LogP contribution in [0.5, 0.6) is 0 Å². The highest BCUT2D eigenvalue weighted by molar-refractivity contribution is 7.09. The van der Waals surface area contributed by atoms with Crippen LogP contribution in [0.4, 0.5) is 4.79 Å². The normalized spacial score (nSPS) is 12.8. The van der Waals surface area contributed by atoms with Gasteiger partial charge in [0, 0.05) is 11.1 Å². The number of carbonyl (C=O) groups excluding carboxylic acids is 1. The molecule has 18 heavy (non-hydrogen) atoms. The average Bonchev–Trinajstić information content (AvgIpc) is 2.64. The molecule has 1 atom stereocenters. The van der Waals surface area contributed by atoms with Gasteiger partial charge in [0.1, 0.15) is 5.60 Å². The van der Waals surface area contributed by atoms with E-state index in [2.05, 4.69) is 10.3 Å². The lowest BCUT2D eigenvalue weighted by Crippen LogP contribution is -2.35. The van der Waals surface area contributed by atoms with Crippen LogP contribution < -0.4 is 5.32 Å². The summed E-state index contributed by atoms with van der Waals surface area (Å²) in [4.78, 5) is 26.9. The molecule has 1 heterocycles. The van der Waals surface area contributed by atoms with Gasteiger partial charge in [-0.05, 0) is 20.8 Å². The van der Waals surface area contributed by atoms with E-state index in [1.165, 1.54) is 17.5 Å². The second-order valence-corrected chi connectivity index (χ2v) is 5.62. The first-order chi connectivity index (χ1) is 8.28. The molecule has 6 nitrogen and oxygen atoms in total. The number of hydrogen-bond acceptors (Lipinski definition) is 5. The Labute approximate surface area is 109 Å². The molecule has 0 fully saturated rings. The molecule has 0 aromatic carbocycles. The molecule has 1 amide bonds. The number of rotatable bonds is 4. The van der Waals surface area contributed by atoms with Gasteiger partial charge in [0.15, 0.2) is 0 Å². The fourth-order valence-electron chi connectivity index (χ4n) is 1.24. The first kappa shape index (κ1) is 14.4. The minimum atomic E-state index is -0.996. The molecule has 0 aliphatic carbocycles. The Morgan fingerprint density at radius 1 is 1.56 bits per heavy atom. The van der Waals surface area contributed by atoms with Gasteiger partial charge in [0.25, 0.3) is 0 Å². The van der Waals surface area contributed by atoms with Crippen LogP contribution in [0.15, 0.2) is 11.7 Å². The highest BCUT2D eigenvalue weighted by atomic mass is 32.1. The number of carboxylic acid groups (broad SMARTS) is 1. The predicted molar refractivity (Wildman–Crippen MR) is 66.5 cm³/mol. The Balaban J connectivity index is 2.68. The monoisotopic (exact) mass is 272 g/mol. The first-order valence-electron chi connectivity index (χ1n) is 5.37. The van der Waals surface area contributed by atoms with E-state index in [4.69, 9.17) is 9.84 Å². The number of alkyl carbamates (subject to hydrolysis) is 1. The highest BCUT2D eigenvalue weighted by Gasteiger charge is 2.23. The van der Waals surface area contributed by atoms with E-state index in [-0.39, 0.29) is 6.42 Å². The Morgan fingerprint density at radius 3 is 2.67 bits per heavy atom. The van der Waals surface area contributed by atoms with Crippen LogP contribution in [0.2, 0.25) is 0 Å².